The Morgan fingerprint density at radius 3 is 2.70 bits per heavy atom. The maximum absolute atomic E-state index is 15.1. The highest BCUT2D eigenvalue weighted by Crippen LogP contribution is 2.38. The third kappa shape index (κ3) is 4.75. The number of rotatable bonds is 6. The summed E-state index contributed by atoms with van der Waals surface area (Å²) in [5.74, 6) is 0.719. The molecule has 9 nitrogen and oxygen atoms in total. The van der Waals surface area contributed by atoms with Gasteiger partial charge in [0.05, 0.1) is 36.1 Å². The van der Waals surface area contributed by atoms with E-state index in [1.54, 1.807) is 37.4 Å². The van der Waals surface area contributed by atoms with E-state index < -0.39 is 18.0 Å². The SMILES string of the molecule is COc1cc(C(=O)N2C[C@H](N)C[C@@H](F)C2)cc2nc(-c3cc4ccc(-c5cccc(C#N)c5F)nc4n3CC3CC3)n(C)c12. The molecule has 2 fully saturated rings. The number of likely N-dealkylation sites (tertiary alicyclic amines) is 1. The fourth-order valence-electron chi connectivity index (χ4n) is 6.26. The number of ether oxygens (including phenoxy) is 1. The molecular formula is C33H31F2N7O2. The predicted molar refractivity (Wildman–Crippen MR) is 162 cm³/mol. The van der Waals surface area contributed by atoms with Gasteiger partial charge >= 0.3 is 0 Å². The van der Waals surface area contributed by atoms with Crippen molar-refractivity contribution >= 4 is 28.0 Å². The normalized spacial score (nSPS) is 18.6. The van der Waals surface area contributed by atoms with Crippen molar-refractivity contribution in [1.29, 1.82) is 5.26 Å². The molecule has 7 rings (SSSR count). The highest BCUT2D eigenvalue weighted by Gasteiger charge is 2.31. The Labute approximate surface area is 252 Å². The molecule has 1 amide bonds. The van der Waals surface area contributed by atoms with Gasteiger partial charge in [0.2, 0.25) is 0 Å². The van der Waals surface area contributed by atoms with Crippen LogP contribution in [0.4, 0.5) is 8.78 Å². The molecule has 2 N–H and O–H groups in total. The molecule has 1 aliphatic carbocycles. The zero-order valence-corrected chi connectivity index (χ0v) is 24.4. The van der Waals surface area contributed by atoms with Crippen LogP contribution in [-0.2, 0) is 13.6 Å². The summed E-state index contributed by atoms with van der Waals surface area (Å²) in [6, 6.07) is 15.3. The standard InChI is InChI=1S/C33H31F2N7O2/c1-40-30-26(10-21(12-28(30)44-2)33(43)41-16-22(34)13-23(37)17-41)39-32(40)27-11-19-8-9-25(24-5-3-4-20(14-36)29(24)35)38-31(19)42(27)15-18-6-7-18/h3-5,8-12,18,22-23H,6-7,13,15-17,37H2,1-2H3/t22-,23-/m1/s1. The molecule has 0 spiro atoms. The minimum absolute atomic E-state index is 0.00131. The van der Waals surface area contributed by atoms with E-state index in [0.29, 0.717) is 45.4 Å². The van der Waals surface area contributed by atoms with Crippen LogP contribution in [0.2, 0.25) is 0 Å². The van der Waals surface area contributed by atoms with Gasteiger partial charge in [0.25, 0.3) is 5.91 Å². The van der Waals surface area contributed by atoms with E-state index in [2.05, 4.69) is 4.57 Å². The number of carbonyl (C=O) groups is 1. The summed E-state index contributed by atoms with van der Waals surface area (Å²) >= 11 is 0. The highest BCUT2D eigenvalue weighted by atomic mass is 19.1. The largest absolute Gasteiger partial charge is 0.494 e. The molecule has 1 saturated carbocycles. The number of nitriles is 1. The van der Waals surface area contributed by atoms with Crippen molar-refractivity contribution in [3.63, 3.8) is 0 Å². The van der Waals surface area contributed by atoms with Crippen LogP contribution in [0.25, 0.3) is 44.8 Å². The summed E-state index contributed by atoms with van der Waals surface area (Å²) in [6.45, 7) is 1.01. The third-order valence-electron chi connectivity index (χ3n) is 8.63. The van der Waals surface area contributed by atoms with Gasteiger partial charge in [0, 0.05) is 42.7 Å². The number of aromatic nitrogens is 4. The van der Waals surface area contributed by atoms with Crippen molar-refractivity contribution < 1.29 is 18.3 Å². The van der Waals surface area contributed by atoms with Gasteiger partial charge in [0.1, 0.15) is 35.0 Å². The maximum Gasteiger partial charge on any atom is 0.254 e. The van der Waals surface area contributed by atoms with Gasteiger partial charge in [-0.1, -0.05) is 6.07 Å². The first-order valence-corrected chi connectivity index (χ1v) is 14.7. The number of hydrogen-bond acceptors (Lipinski definition) is 6. The summed E-state index contributed by atoms with van der Waals surface area (Å²) in [4.78, 5) is 24.8. The Bertz CT molecular complexity index is 1980. The zero-order valence-electron chi connectivity index (χ0n) is 24.4. The number of nitrogens with two attached hydrogens (primary N) is 1. The number of alkyl halides is 1. The van der Waals surface area contributed by atoms with Gasteiger partial charge in [-0.2, -0.15) is 5.26 Å². The fraction of sp³-hybridized carbons (Fsp3) is 0.333. The zero-order chi connectivity index (χ0) is 30.7. The molecule has 4 heterocycles. The van der Waals surface area contributed by atoms with E-state index in [-0.39, 0.29) is 36.5 Å². The number of pyridine rings is 1. The lowest BCUT2D eigenvalue weighted by Gasteiger charge is -2.33. The molecule has 44 heavy (non-hydrogen) atoms. The second-order valence-corrected chi connectivity index (χ2v) is 11.8. The second kappa shape index (κ2) is 10.7. The number of benzene rings is 2. The molecule has 0 unspecified atom stereocenters. The Kier molecular flexibility index (Phi) is 6.81. The molecule has 11 heteroatoms. The molecule has 1 saturated heterocycles. The number of carbonyl (C=O) groups excluding carboxylic acids is 1. The Morgan fingerprint density at radius 2 is 1.98 bits per heavy atom. The van der Waals surface area contributed by atoms with Crippen LogP contribution in [-0.4, -0.2) is 62.3 Å². The molecule has 2 atom stereocenters. The number of nitrogens with zero attached hydrogens (tertiary/aromatic N) is 6. The molecule has 0 bridgehead atoms. The molecule has 2 aromatic carbocycles. The number of piperidine rings is 1. The summed E-state index contributed by atoms with van der Waals surface area (Å²) < 4.78 is 39.1. The smallest absolute Gasteiger partial charge is 0.254 e. The van der Waals surface area contributed by atoms with Crippen LogP contribution < -0.4 is 10.5 Å². The van der Waals surface area contributed by atoms with Gasteiger partial charge in [-0.15, -0.1) is 0 Å². The number of amides is 1. The Hall–Kier alpha value is -4.82. The third-order valence-corrected chi connectivity index (χ3v) is 8.63. The molecular weight excluding hydrogens is 564 g/mol. The number of hydrogen-bond donors (Lipinski definition) is 1. The van der Waals surface area contributed by atoms with E-state index in [9.17, 15) is 14.4 Å². The predicted octanol–water partition coefficient (Wildman–Crippen LogP) is 5.20. The number of fused-ring (bicyclic) bond motifs is 2. The Morgan fingerprint density at radius 1 is 1.16 bits per heavy atom. The molecule has 0 radical (unpaired) electrons. The topological polar surface area (TPSA) is 115 Å². The maximum atomic E-state index is 15.1. The average molecular weight is 596 g/mol. The first-order valence-electron chi connectivity index (χ1n) is 14.7. The van der Waals surface area contributed by atoms with Gasteiger partial charge in [-0.05, 0) is 67.6 Å². The van der Waals surface area contributed by atoms with Crippen molar-refractivity contribution in [2.75, 3.05) is 20.2 Å². The molecule has 5 aromatic rings. The average Bonchev–Trinajstić information content (AvgIpc) is 3.69. The van der Waals surface area contributed by atoms with Crippen molar-refractivity contribution in [3.8, 4) is 34.6 Å². The second-order valence-electron chi connectivity index (χ2n) is 11.8. The van der Waals surface area contributed by atoms with Gasteiger partial charge < -0.3 is 24.5 Å². The van der Waals surface area contributed by atoms with Crippen molar-refractivity contribution in [2.45, 2.75) is 38.0 Å². The van der Waals surface area contributed by atoms with Crippen LogP contribution in [0.15, 0.2) is 48.5 Å². The van der Waals surface area contributed by atoms with E-state index >= 15 is 4.39 Å². The first-order chi connectivity index (χ1) is 21.2. The quantitative estimate of drug-likeness (QED) is 0.289. The lowest BCUT2D eigenvalue weighted by Crippen LogP contribution is -2.50. The summed E-state index contributed by atoms with van der Waals surface area (Å²) in [7, 11) is 3.44. The lowest BCUT2D eigenvalue weighted by molar-refractivity contribution is 0.0606. The number of halogens is 2. The van der Waals surface area contributed by atoms with Crippen LogP contribution in [0.1, 0.15) is 35.2 Å². The van der Waals surface area contributed by atoms with Crippen LogP contribution in [0.5, 0.6) is 5.75 Å². The van der Waals surface area contributed by atoms with Crippen molar-refractivity contribution in [1.82, 2.24) is 24.0 Å². The number of aryl methyl sites for hydroxylation is 1. The number of methoxy groups -OCH3 is 1. The minimum atomic E-state index is -1.16. The van der Waals surface area contributed by atoms with Crippen LogP contribution in [0.3, 0.4) is 0 Å². The molecule has 1 aliphatic heterocycles. The van der Waals surface area contributed by atoms with Gasteiger partial charge in [0.15, 0.2) is 5.82 Å². The van der Waals surface area contributed by atoms with Gasteiger partial charge in [-0.25, -0.2) is 18.7 Å². The molecule has 224 valence electrons. The highest BCUT2D eigenvalue weighted by molar-refractivity contribution is 6.00. The fourth-order valence-corrected chi connectivity index (χ4v) is 6.26. The van der Waals surface area contributed by atoms with Crippen molar-refractivity contribution in [2.24, 2.45) is 18.7 Å². The lowest BCUT2D eigenvalue weighted by atomic mass is 10.0. The van der Waals surface area contributed by atoms with E-state index in [0.717, 1.165) is 30.5 Å². The van der Waals surface area contributed by atoms with Gasteiger partial charge in [-0.3, -0.25) is 4.79 Å². The Balaban J connectivity index is 1.35. The molecule has 2 aliphatic rings. The van der Waals surface area contributed by atoms with Crippen molar-refractivity contribution in [3.05, 3.63) is 65.5 Å². The van der Waals surface area contributed by atoms with Crippen LogP contribution >= 0.6 is 0 Å². The van der Waals surface area contributed by atoms with E-state index in [1.165, 1.54) is 11.0 Å². The van der Waals surface area contributed by atoms with Crippen LogP contribution in [0, 0.1) is 23.1 Å². The first kappa shape index (κ1) is 28.0. The van der Waals surface area contributed by atoms with E-state index in [4.69, 9.17) is 20.4 Å². The number of imidazole rings is 1. The summed E-state index contributed by atoms with van der Waals surface area (Å²) in [5.41, 5.74) is 9.84. The summed E-state index contributed by atoms with van der Waals surface area (Å²) in [5, 5.41) is 10.2. The monoisotopic (exact) mass is 595 g/mol. The molecule has 3 aromatic heterocycles. The van der Waals surface area contributed by atoms with E-state index in [1.807, 2.05) is 29.8 Å². The minimum Gasteiger partial charge on any atom is -0.494 e. The summed E-state index contributed by atoms with van der Waals surface area (Å²) in [6.07, 6.45) is 1.30.